The zero-order valence-corrected chi connectivity index (χ0v) is 10.1. The van der Waals surface area contributed by atoms with Gasteiger partial charge in [0.05, 0.1) is 11.7 Å². The van der Waals surface area contributed by atoms with E-state index in [0.717, 1.165) is 12.1 Å². The van der Waals surface area contributed by atoms with Crippen LogP contribution in [0.1, 0.15) is 17.2 Å². The van der Waals surface area contributed by atoms with Gasteiger partial charge >= 0.3 is 6.18 Å². The third-order valence-corrected chi connectivity index (χ3v) is 2.77. The van der Waals surface area contributed by atoms with Gasteiger partial charge in [-0.25, -0.2) is 0 Å². The molecule has 0 aliphatic carbocycles. The van der Waals surface area contributed by atoms with Crippen molar-refractivity contribution in [2.45, 2.75) is 12.3 Å². The largest absolute Gasteiger partial charge is 0.416 e. The molecule has 0 fully saturated rings. The number of alkyl halides is 3. The van der Waals surface area contributed by atoms with E-state index in [-0.39, 0.29) is 11.0 Å². The van der Waals surface area contributed by atoms with Crippen LogP contribution in [-0.2, 0) is 6.18 Å². The Hall–Kier alpha value is -0.590. The first kappa shape index (κ1) is 13.5. The van der Waals surface area contributed by atoms with Gasteiger partial charge in [-0.2, -0.15) is 13.2 Å². The number of rotatable bonds is 3. The fourth-order valence-electron chi connectivity index (χ4n) is 1.28. The van der Waals surface area contributed by atoms with Crippen LogP contribution in [-0.4, -0.2) is 18.7 Å². The van der Waals surface area contributed by atoms with Gasteiger partial charge in [0.25, 0.3) is 0 Å². The molecule has 2 N–H and O–H groups in total. The molecule has 1 aromatic rings. The van der Waals surface area contributed by atoms with Crippen LogP contribution in [0.4, 0.5) is 13.2 Å². The Morgan fingerprint density at radius 2 is 2.06 bits per heavy atom. The lowest BCUT2D eigenvalue weighted by atomic mass is 10.1. The summed E-state index contributed by atoms with van der Waals surface area (Å²) in [5.74, 6) is 0. The number of hydrogen-bond donors (Lipinski definition) is 2. The second kappa shape index (κ2) is 5.16. The van der Waals surface area contributed by atoms with E-state index in [1.165, 1.54) is 6.07 Å². The van der Waals surface area contributed by atoms with Gasteiger partial charge in [-0.05, 0) is 24.7 Å². The lowest BCUT2D eigenvalue weighted by Gasteiger charge is -2.14. The summed E-state index contributed by atoms with van der Waals surface area (Å²) in [5.41, 5.74) is -0.304. The van der Waals surface area contributed by atoms with E-state index in [1.54, 1.807) is 7.05 Å². The Balaban J connectivity index is 3.00. The van der Waals surface area contributed by atoms with Crippen molar-refractivity contribution in [1.29, 1.82) is 0 Å². The fraction of sp³-hybridized carbons (Fsp3) is 0.400. The van der Waals surface area contributed by atoms with E-state index in [9.17, 15) is 18.3 Å². The lowest BCUT2D eigenvalue weighted by Crippen LogP contribution is -2.17. The number of likely N-dealkylation sites (N-methyl/N-ethyl adjacent to an activating group) is 1. The van der Waals surface area contributed by atoms with Crippen molar-refractivity contribution < 1.29 is 18.3 Å². The van der Waals surface area contributed by atoms with Crippen LogP contribution >= 0.6 is 15.9 Å². The molecule has 0 spiro atoms. The molecule has 0 aliphatic heterocycles. The van der Waals surface area contributed by atoms with Crippen LogP contribution in [0.2, 0.25) is 0 Å². The maximum absolute atomic E-state index is 12.4. The second-order valence-corrected chi connectivity index (χ2v) is 4.16. The number of nitrogens with one attached hydrogen (secondary N) is 1. The lowest BCUT2D eigenvalue weighted by molar-refractivity contribution is -0.137. The number of hydrogen-bond acceptors (Lipinski definition) is 2. The fourth-order valence-corrected chi connectivity index (χ4v) is 1.92. The summed E-state index contributed by atoms with van der Waals surface area (Å²) < 4.78 is 37.3. The molecule has 0 saturated heterocycles. The van der Waals surface area contributed by atoms with Crippen molar-refractivity contribution >= 4 is 15.9 Å². The summed E-state index contributed by atoms with van der Waals surface area (Å²) in [5, 5.41) is 12.4. The minimum absolute atomic E-state index is 0.255. The molecule has 16 heavy (non-hydrogen) atoms. The van der Waals surface area contributed by atoms with E-state index >= 15 is 0 Å². The number of halogens is 4. The molecule has 2 nitrogen and oxygen atoms in total. The molecule has 1 unspecified atom stereocenters. The molecule has 0 amide bonds. The summed E-state index contributed by atoms with van der Waals surface area (Å²) in [6.45, 7) is 0.282. The van der Waals surface area contributed by atoms with Crippen LogP contribution < -0.4 is 5.32 Å². The molecule has 0 heterocycles. The van der Waals surface area contributed by atoms with Gasteiger partial charge < -0.3 is 10.4 Å². The van der Waals surface area contributed by atoms with E-state index in [0.29, 0.717) is 5.56 Å². The summed E-state index contributed by atoms with van der Waals surface area (Å²) in [4.78, 5) is 0. The molecule has 1 rings (SSSR count). The minimum Gasteiger partial charge on any atom is -0.387 e. The van der Waals surface area contributed by atoms with E-state index in [2.05, 4.69) is 21.2 Å². The molecule has 0 radical (unpaired) electrons. The number of aliphatic hydroxyl groups excluding tert-OH is 1. The molecule has 0 aromatic heterocycles. The summed E-state index contributed by atoms with van der Waals surface area (Å²) in [7, 11) is 1.65. The van der Waals surface area contributed by atoms with Crippen LogP contribution in [0, 0.1) is 0 Å². The standard InChI is InChI=1S/C10H11BrF3NO/c1-15-5-9(16)7-3-2-6(4-8(7)11)10(12,13)14/h2-4,9,15-16H,5H2,1H3. The van der Waals surface area contributed by atoms with E-state index in [1.807, 2.05) is 0 Å². The minimum atomic E-state index is -4.37. The Morgan fingerprint density at radius 3 is 2.50 bits per heavy atom. The van der Waals surface area contributed by atoms with Gasteiger partial charge in [0, 0.05) is 11.0 Å². The maximum Gasteiger partial charge on any atom is 0.416 e. The van der Waals surface area contributed by atoms with Crippen molar-refractivity contribution in [3.05, 3.63) is 33.8 Å². The normalized spacial score (nSPS) is 13.9. The molecule has 0 aliphatic rings. The Morgan fingerprint density at radius 1 is 1.44 bits per heavy atom. The Labute approximate surface area is 99.6 Å². The molecular formula is C10H11BrF3NO. The highest BCUT2D eigenvalue weighted by molar-refractivity contribution is 9.10. The highest BCUT2D eigenvalue weighted by atomic mass is 79.9. The average Bonchev–Trinajstić information content (AvgIpc) is 2.16. The average molecular weight is 298 g/mol. The first-order chi connectivity index (χ1) is 7.36. The SMILES string of the molecule is CNCC(O)c1ccc(C(F)(F)F)cc1Br. The van der Waals surface area contributed by atoms with Crippen molar-refractivity contribution in [2.24, 2.45) is 0 Å². The summed E-state index contributed by atoms with van der Waals surface area (Å²) >= 11 is 3.02. The molecule has 1 atom stereocenters. The van der Waals surface area contributed by atoms with Gasteiger partial charge in [-0.1, -0.05) is 22.0 Å². The number of benzene rings is 1. The summed E-state index contributed by atoms with van der Waals surface area (Å²) in [6, 6.07) is 3.20. The van der Waals surface area contributed by atoms with Gasteiger partial charge in [0.2, 0.25) is 0 Å². The van der Waals surface area contributed by atoms with Crippen LogP contribution in [0.3, 0.4) is 0 Å². The molecule has 1 aromatic carbocycles. The van der Waals surface area contributed by atoms with Crippen LogP contribution in [0.15, 0.2) is 22.7 Å². The molecular weight excluding hydrogens is 287 g/mol. The number of aliphatic hydroxyl groups is 1. The van der Waals surface area contributed by atoms with Gasteiger partial charge in [0.1, 0.15) is 0 Å². The third kappa shape index (κ3) is 3.20. The molecule has 6 heteroatoms. The zero-order chi connectivity index (χ0) is 12.3. The predicted octanol–water partition coefficient (Wildman–Crippen LogP) is 2.72. The smallest absolute Gasteiger partial charge is 0.387 e. The zero-order valence-electron chi connectivity index (χ0n) is 8.48. The van der Waals surface area contributed by atoms with Crippen LogP contribution in [0.25, 0.3) is 0 Å². The Kier molecular flexibility index (Phi) is 4.35. The van der Waals surface area contributed by atoms with Crippen LogP contribution in [0.5, 0.6) is 0 Å². The van der Waals surface area contributed by atoms with E-state index in [4.69, 9.17) is 0 Å². The molecule has 90 valence electrons. The first-order valence-corrected chi connectivity index (χ1v) is 5.35. The quantitative estimate of drug-likeness (QED) is 0.899. The topological polar surface area (TPSA) is 32.3 Å². The predicted molar refractivity (Wildman–Crippen MR) is 58.0 cm³/mol. The maximum atomic E-state index is 12.4. The molecule has 0 saturated carbocycles. The van der Waals surface area contributed by atoms with Crippen molar-refractivity contribution in [3.63, 3.8) is 0 Å². The first-order valence-electron chi connectivity index (χ1n) is 4.55. The highest BCUT2D eigenvalue weighted by Crippen LogP contribution is 2.33. The van der Waals surface area contributed by atoms with E-state index < -0.39 is 17.8 Å². The van der Waals surface area contributed by atoms with Gasteiger partial charge in [-0.3, -0.25) is 0 Å². The highest BCUT2D eigenvalue weighted by Gasteiger charge is 2.31. The monoisotopic (exact) mass is 297 g/mol. The third-order valence-electron chi connectivity index (χ3n) is 2.08. The second-order valence-electron chi connectivity index (χ2n) is 3.31. The molecule has 0 bridgehead atoms. The van der Waals surface area contributed by atoms with Gasteiger partial charge in [-0.15, -0.1) is 0 Å². The van der Waals surface area contributed by atoms with Gasteiger partial charge in [0.15, 0.2) is 0 Å². The summed E-state index contributed by atoms with van der Waals surface area (Å²) in [6.07, 6.45) is -5.20. The van der Waals surface area contributed by atoms with Crippen molar-refractivity contribution in [2.75, 3.05) is 13.6 Å². The van der Waals surface area contributed by atoms with Crippen molar-refractivity contribution in [3.8, 4) is 0 Å². The Bertz CT molecular complexity index is 368. The van der Waals surface area contributed by atoms with Crippen molar-refractivity contribution in [1.82, 2.24) is 5.32 Å².